The molecule has 1 heterocycles. The van der Waals surface area contributed by atoms with Crippen LogP contribution >= 0.6 is 27.3 Å². The molecule has 0 saturated heterocycles. The van der Waals surface area contributed by atoms with Crippen molar-refractivity contribution in [3.05, 3.63) is 63.6 Å². The minimum absolute atomic E-state index is 0.0241. The van der Waals surface area contributed by atoms with E-state index in [2.05, 4.69) is 31.4 Å². The summed E-state index contributed by atoms with van der Waals surface area (Å²) < 4.78 is 28.2. The fraction of sp³-hybridized carbons (Fsp3) is 0. The second-order valence-electron chi connectivity index (χ2n) is 4.99. The van der Waals surface area contributed by atoms with Gasteiger partial charge in [0.1, 0.15) is 11.6 Å². The molecule has 0 fully saturated rings. The molecule has 3 aromatic rings. The van der Waals surface area contributed by atoms with Crippen molar-refractivity contribution in [3.63, 3.8) is 0 Å². The van der Waals surface area contributed by atoms with Crippen LogP contribution in [0.15, 0.2) is 40.9 Å². The maximum absolute atomic E-state index is 14.0. The van der Waals surface area contributed by atoms with Crippen LogP contribution in [-0.2, 0) is 0 Å². The first kappa shape index (κ1) is 18.1. The monoisotopic (exact) mass is 439 g/mol. The predicted molar refractivity (Wildman–Crippen MR) is 94.3 cm³/mol. The number of amides is 1. The summed E-state index contributed by atoms with van der Waals surface area (Å²) in [4.78, 5) is 23.0. The predicted octanol–water partition coefficient (Wildman–Crippen LogP) is 4.20. The topological polar surface area (TPSA) is 92.2 Å². The number of carbonyl (C=O) groups is 2. The highest BCUT2D eigenvalue weighted by Crippen LogP contribution is 2.32. The number of carbonyl (C=O) groups excluding carboxylic acids is 1. The van der Waals surface area contributed by atoms with Crippen LogP contribution in [0.25, 0.3) is 10.6 Å². The zero-order valence-electron chi connectivity index (χ0n) is 12.7. The summed E-state index contributed by atoms with van der Waals surface area (Å²) in [5.41, 5.74) is -0.0919. The third-order valence-corrected chi connectivity index (χ3v) is 4.57. The average Bonchev–Trinajstić information content (AvgIpc) is 3.02. The molecule has 0 radical (unpaired) electrons. The molecule has 3 rings (SSSR count). The maximum atomic E-state index is 14.0. The van der Waals surface area contributed by atoms with E-state index in [0.29, 0.717) is 0 Å². The van der Waals surface area contributed by atoms with Gasteiger partial charge in [-0.05, 0) is 36.4 Å². The summed E-state index contributed by atoms with van der Waals surface area (Å²) in [5, 5.41) is 18.7. The zero-order chi connectivity index (χ0) is 18.8. The Bertz CT molecular complexity index is 985. The van der Waals surface area contributed by atoms with E-state index in [1.54, 1.807) is 0 Å². The van der Waals surface area contributed by atoms with E-state index in [-0.39, 0.29) is 31.3 Å². The largest absolute Gasteiger partial charge is 0.478 e. The van der Waals surface area contributed by atoms with Gasteiger partial charge in [-0.2, -0.15) is 0 Å². The number of aromatic nitrogens is 2. The molecule has 2 N–H and O–H groups in total. The molecule has 1 amide bonds. The maximum Gasteiger partial charge on any atom is 0.335 e. The first-order valence-corrected chi connectivity index (χ1v) is 8.59. The molecule has 0 saturated carbocycles. The quantitative estimate of drug-likeness (QED) is 0.635. The molecular formula is C16H8BrF2N3O3S. The molecule has 0 spiro atoms. The van der Waals surface area contributed by atoms with E-state index in [4.69, 9.17) is 5.11 Å². The number of aromatic carboxylic acids is 1. The van der Waals surface area contributed by atoms with Gasteiger partial charge in [0, 0.05) is 10.0 Å². The minimum atomic E-state index is -1.11. The third kappa shape index (κ3) is 3.75. The van der Waals surface area contributed by atoms with Gasteiger partial charge in [0.2, 0.25) is 5.13 Å². The van der Waals surface area contributed by atoms with E-state index >= 15 is 0 Å². The minimum Gasteiger partial charge on any atom is -0.478 e. The smallest absolute Gasteiger partial charge is 0.335 e. The molecule has 6 nitrogen and oxygen atoms in total. The molecule has 0 aliphatic carbocycles. The molecular weight excluding hydrogens is 432 g/mol. The van der Waals surface area contributed by atoms with E-state index in [0.717, 1.165) is 23.5 Å². The molecule has 0 bridgehead atoms. The van der Waals surface area contributed by atoms with Crippen molar-refractivity contribution in [3.8, 4) is 10.6 Å². The number of nitrogens with zero attached hydrogens (tertiary/aromatic N) is 2. The molecule has 0 aliphatic rings. The second-order valence-corrected chi connectivity index (χ2v) is 6.89. The SMILES string of the molecule is O=C(O)c1ccc(C(=O)Nc2nnc(-c3c(F)cc(Br)cc3F)s2)cc1. The van der Waals surface area contributed by atoms with Crippen LogP contribution in [0.2, 0.25) is 0 Å². The van der Waals surface area contributed by atoms with Crippen molar-refractivity contribution < 1.29 is 23.5 Å². The molecule has 0 unspecified atom stereocenters. The number of benzene rings is 2. The van der Waals surface area contributed by atoms with Crippen molar-refractivity contribution in [2.24, 2.45) is 0 Å². The number of hydrogen-bond donors (Lipinski definition) is 2. The number of carboxylic acids is 1. The summed E-state index contributed by atoms with van der Waals surface area (Å²) in [5.74, 6) is -3.28. The van der Waals surface area contributed by atoms with Crippen LogP contribution < -0.4 is 5.32 Å². The molecule has 132 valence electrons. The number of nitrogens with one attached hydrogen (secondary N) is 1. The Morgan fingerprint density at radius 2 is 1.62 bits per heavy atom. The summed E-state index contributed by atoms with van der Waals surface area (Å²) in [7, 11) is 0. The lowest BCUT2D eigenvalue weighted by molar-refractivity contribution is 0.0696. The normalized spacial score (nSPS) is 10.6. The van der Waals surface area contributed by atoms with Crippen LogP contribution in [0, 0.1) is 11.6 Å². The molecule has 10 heteroatoms. The molecule has 0 atom stereocenters. The lowest BCUT2D eigenvalue weighted by Gasteiger charge is -2.02. The Balaban J connectivity index is 1.80. The Morgan fingerprint density at radius 1 is 1.04 bits per heavy atom. The number of anilines is 1. The van der Waals surface area contributed by atoms with Gasteiger partial charge in [-0.1, -0.05) is 27.3 Å². The fourth-order valence-corrected chi connectivity index (χ4v) is 3.24. The van der Waals surface area contributed by atoms with Gasteiger partial charge in [0.15, 0.2) is 5.01 Å². The van der Waals surface area contributed by atoms with Gasteiger partial charge in [-0.3, -0.25) is 10.1 Å². The molecule has 1 aromatic heterocycles. The average molecular weight is 440 g/mol. The summed E-state index contributed by atoms with van der Waals surface area (Å²) in [6, 6.07) is 7.46. The summed E-state index contributed by atoms with van der Waals surface area (Å²) in [6.45, 7) is 0. The first-order valence-electron chi connectivity index (χ1n) is 6.98. The Labute approximate surface area is 157 Å². The van der Waals surface area contributed by atoms with E-state index in [1.807, 2.05) is 0 Å². The van der Waals surface area contributed by atoms with Crippen LogP contribution in [-0.4, -0.2) is 27.2 Å². The van der Waals surface area contributed by atoms with Gasteiger partial charge in [0.25, 0.3) is 5.91 Å². The fourth-order valence-electron chi connectivity index (χ4n) is 2.05. The van der Waals surface area contributed by atoms with E-state index in [1.165, 1.54) is 24.3 Å². The van der Waals surface area contributed by atoms with Gasteiger partial charge >= 0.3 is 5.97 Å². The second kappa shape index (κ2) is 7.26. The molecule has 0 aliphatic heterocycles. The van der Waals surface area contributed by atoms with E-state index < -0.39 is 23.5 Å². The lowest BCUT2D eigenvalue weighted by atomic mass is 10.1. The molecule has 2 aromatic carbocycles. The van der Waals surface area contributed by atoms with Crippen LogP contribution in [0.5, 0.6) is 0 Å². The van der Waals surface area contributed by atoms with Gasteiger partial charge in [0.05, 0.1) is 11.1 Å². The Hall–Kier alpha value is -2.72. The number of halogens is 3. The summed E-state index contributed by atoms with van der Waals surface area (Å²) in [6.07, 6.45) is 0. The highest BCUT2D eigenvalue weighted by molar-refractivity contribution is 9.10. The van der Waals surface area contributed by atoms with Crippen molar-refractivity contribution in [2.45, 2.75) is 0 Å². The summed E-state index contributed by atoms with van der Waals surface area (Å²) >= 11 is 3.80. The van der Waals surface area contributed by atoms with Gasteiger partial charge in [-0.15, -0.1) is 10.2 Å². The van der Waals surface area contributed by atoms with Crippen LogP contribution in [0.3, 0.4) is 0 Å². The first-order chi connectivity index (χ1) is 12.3. The Morgan fingerprint density at radius 3 is 2.19 bits per heavy atom. The standard InChI is InChI=1S/C16H8BrF2N3O3S/c17-9-5-10(18)12(11(19)6-9)14-21-22-16(26-14)20-13(23)7-1-3-8(4-2-7)15(24)25/h1-6H,(H,24,25)(H,20,22,23). The van der Waals surface area contributed by atoms with Crippen LogP contribution in [0.4, 0.5) is 13.9 Å². The highest BCUT2D eigenvalue weighted by atomic mass is 79.9. The number of hydrogen-bond acceptors (Lipinski definition) is 5. The molecule has 26 heavy (non-hydrogen) atoms. The van der Waals surface area contributed by atoms with Gasteiger partial charge < -0.3 is 5.11 Å². The highest BCUT2D eigenvalue weighted by Gasteiger charge is 2.18. The van der Waals surface area contributed by atoms with Crippen molar-refractivity contribution in [1.82, 2.24) is 10.2 Å². The number of rotatable bonds is 4. The lowest BCUT2D eigenvalue weighted by Crippen LogP contribution is -2.12. The van der Waals surface area contributed by atoms with Crippen molar-refractivity contribution in [1.29, 1.82) is 0 Å². The van der Waals surface area contributed by atoms with Crippen LogP contribution in [0.1, 0.15) is 20.7 Å². The Kier molecular flexibility index (Phi) is 5.05. The van der Waals surface area contributed by atoms with Gasteiger partial charge in [-0.25, -0.2) is 13.6 Å². The zero-order valence-corrected chi connectivity index (χ0v) is 15.1. The van der Waals surface area contributed by atoms with Crippen molar-refractivity contribution >= 4 is 44.3 Å². The van der Waals surface area contributed by atoms with Crippen molar-refractivity contribution in [2.75, 3.05) is 5.32 Å². The number of carboxylic acid groups (broad SMARTS) is 1. The van der Waals surface area contributed by atoms with E-state index in [9.17, 15) is 18.4 Å². The third-order valence-electron chi connectivity index (χ3n) is 3.26.